The molecular formula is C15H12INO. The third kappa shape index (κ3) is 2.14. The van der Waals surface area contributed by atoms with E-state index in [1.807, 2.05) is 42.5 Å². The molecule has 1 amide bonds. The zero-order chi connectivity index (χ0) is 12.5. The maximum Gasteiger partial charge on any atom is 0.232 e. The maximum absolute atomic E-state index is 12.1. The van der Waals surface area contributed by atoms with Gasteiger partial charge in [0.1, 0.15) is 0 Å². The number of hydrogen-bond acceptors (Lipinski definition) is 1. The van der Waals surface area contributed by atoms with Gasteiger partial charge in [0.2, 0.25) is 5.91 Å². The van der Waals surface area contributed by atoms with Crippen molar-refractivity contribution in [3.8, 4) is 0 Å². The molecule has 1 N–H and O–H groups in total. The Bertz CT molecular complexity index is 592. The molecule has 1 aliphatic rings. The second-order valence-corrected chi connectivity index (χ2v) is 5.70. The number of carbonyl (C=O) groups excluding carboxylic acids is 1. The first-order valence-corrected chi connectivity index (χ1v) is 6.96. The fourth-order valence-corrected chi connectivity index (χ4v) is 2.61. The molecule has 0 radical (unpaired) electrons. The standard InChI is InChI=1S/C15H12INO/c16-11-5-7-12(8-6-11)17-15(18)14-9-10-3-1-2-4-13(10)14/h1-8,14H,9H2,(H,17,18). The van der Waals surface area contributed by atoms with Gasteiger partial charge in [0, 0.05) is 9.26 Å². The summed E-state index contributed by atoms with van der Waals surface area (Å²) in [5, 5.41) is 2.97. The Morgan fingerprint density at radius 1 is 1.11 bits per heavy atom. The highest BCUT2D eigenvalue weighted by Crippen LogP contribution is 2.35. The molecule has 18 heavy (non-hydrogen) atoms. The van der Waals surface area contributed by atoms with Gasteiger partial charge in [-0.05, 0) is 64.4 Å². The van der Waals surface area contributed by atoms with E-state index in [9.17, 15) is 4.79 Å². The van der Waals surface area contributed by atoms with Crippen LogP contribution < -0.4 is 5.32 Å². The quantitative estimate of drug-likeness (QED) is 0.826. The Hall–Kier alpha value is -1.36. The van der Waals surface area contributed by atoms with Crippen LogP contribution in [0.2, 0.25) is 0 Å². The number of hydrogen-bond donors (Lipinski definition) is 1. The summed E-state index contributed by atoms with van der Waals surface area (Å²) >= 11 is 2.25. The normalized spacial score (nSPS) is 16.6. The number of anilines is 1. The highest BCUT2D eigenvalue weighted by molar-refractivity contribution is 14.1. The second kappa shape index (κ2) is 4.72. The van der Waals surface area contributed by atoms with E-state index >= 15 is 0 Å². The SMILES string of the molecule is O=C(Nc1ccc(I)cc1)C1Cc2ccccc21. The average molecular weight is 349 g/mol. The van der Waals surface area contributed by atoms with E-state index in [1.54, 1.807) is 0 Å². The van der Waals surface area contributed by atoms with E-state index < -0.39 is 0 Å². The van der Waals surface area contributed by atoms with Gasteiger partial charge in [0.05, 0.1) is 5.92 Å². The van der Waals surface area contributed by atoms with Crippen LogP contribution in [0.15, 0.2) is 48.5 Å². The van der Waals surface area contributed by atoms with Crippen molar-refractivity contribution in [3.05, 3.63) is 63.2 Å². The van der Waals surface area contributed by atoms with Crippen LogP contribution in [-0.2, 0) is 11.2 Å². The van der Waals surface area contributed by atoms with Crippen LogP contribution in [0.3, 0.4) is 0 Å². The summed E-state index contributed by atoms with van der Waals surface area (Å²) in [6, 6.07) is 16.0. The molecule has 1 unspecified atom stereocenters. The molecule has 90 valence electrons. The minimum atomic E-state index is 0.0143. The van der Waals surface area contributed by atoms with E-state index in [-0.39, 0.29) is 11.8 Å². The monoisotopic (exact) mass is 349 g/mol. The molecule has 1 atom stereocenters. The van der Waals surface area contributed by atoms with Crippen LogP contribution in [0, 0.1) is 3.57 Å². The predicted octanol–water partition coefficient (Wildman–Crippen LogP) is 3.57. The van der Waals surface area contributed by atoms with Crippen molar-refractivity contribution in [2.75, 3.05) is 5.32 Å². The van der Waals surface area contributed by atoms with Gasteiger partial charge in [-0.3, -0.25) is 4.79 Å². The van der Waals surface area contributed by atoms with Crippen molar-refractivity contribution in [1.29, 1.82) is 0 Å². The average Bonchev–Trinajstić information content (AvgIpc) is 2.34. The predicted molar refractivity (Wildman–Crippen MR) is 80.7 cm³/mol. The molecule has 0 aromatic heterocycles. The second-order valence-electron chi connectivity index (χ2n) is 4.45. The molecule has 0 saturated heterocycles. The van der Waals surface area contributed by atoms with Gasteiger partial charge in [-0.2, -0.15) is 0 Å². The van der Waals surface area contributed by atoms with Crippen LogP contribution in [0.5, 0.6) is 0 Å². The van der Waals surface area contributed by atoms with Crippen LogP contribution in [0.4, 0.5) is 5.69 Å². The van der Waals surface area contributed by atoms with Crippen LogP contribution in [0.25, 0.3) is 0 Å². The summed E-state index contributed by atoms with van der Waals surface area (Å²) in [7, 11) is 0. The topological polar surface area (TPSA) is 29.1 Å². The number of halogens is 1. The molecule has 3 rings (SSSR count). The zero-order valence-corrected chi connectivity index (χ0v) is 11.8. The van der Waals surface area contributed by atoms with E-state index in [0.29, 0.717) is 0 Å². The first-order valence-electron chi connectivity index (χ1n) is 5.88. The number of nitrogens with one attached hydrogen (secondary N) is 1. The van der Waals surface area contributed by atoms with E-state index in [4.69, 9.17) is 0 Å². The number of rotatable bonds is 2. The third-order valence-corrected chi connectivity index (χ3v) is 4.00. The molecule has 0 heterocycles. The molecular weight excluding hydrogens is 337 g/mol. The summed E-state index contributed by atoms with van der Waals surface area (Å²) in [6.45, 7) is 0. The van der Waals surface area contributed by atoms with Crippen LogP contribution >= 0.6 is 22.6 Å². The van der Waals surface area contributed by atoms with Gasteiger partial charge in [-0.25, -0.2) is 0 Å². The van der Waals surface area contributed by atoms with Gasteiger partial charge in [0.25, 0.3) is 0 Å². The van der Waals surface area contributed by atoms with Crippen molar-refractivity contribution < 1.29 is 4.79 Å². The van der Waals surface area contributed by atoms with Gasteiger partial charge < -0.3 is 5.32 Å². The Labute approximate surface area is 120 Å². The maximum atomic E-state index is 12.1. The molecule has 2 aromatic rings. The molecule has 2 aromatic carbocycles. The minimum Gasteiger partial charge on any atom is -0.326 e. The third-order valence-electron chi connectivity index (χ3n) is 3.28. The van der Waals surface area contributed by atoms with Crippen LogP contribution in [0.1, 0.15) is 17.0 Å². The summed E-state index contributed by atoms with van der Waals surface area (Å²) in [5.74, 6) is 0.107. The Kier molecular flexibility index (Phi) is 3.07. The lowest BCUT2D eigenvalue weighted by Gasteiger charge is -2.28. The highest BCUT2D eigenvalue weighted by atomic mass is 127. The van der Waals surface area contributed by atoms with Gasteiger partial charge in [-0.15, -0.1) is 0 Å². The molecule has 0 aliphatic heterocycles. The van der Waals surface area contributed by atoms with Crippen molar-refractivity contribution >= 4 is 34.2 Å². The summed E-state index contributed by atoms with van der Waals surface area (Å²) in [5.41, 5.74) is 3.32. The van der Waals surface area contributed by atoms with E-state index in [1.165, 1.54) is 14.7 Å². The Morgan fingerprint density at radius 2 is 1.83 bits per heavy atom. The smallest absolute Gasteiger partial charge is 0.232 e. The first-order chi connectivity index (χ1) is 8.74. The van der Waals surface area contributed by atoms with Crippen LogP contribution in [-0.4, -0.2) is 5.91 Å². The largest absolute Gasteiger partial charge is 0.326 e. The number of fused-ring (bicyclic) bond motifs is 1. The van der Waals surface area contributed by atoms with Crippen molar-refractivity contribution in [2.45, 2.75) is 12.3 Å². The molecule has 1 aliphatic carbocycles. The lowest BCUT2D eigenvalue weighted by molar-refractivity contribution is -0.118. The Morgan fingerprint density at radius 3 is 2.56 bits per heavy atom. The molecule has 0 bridgehead atoms. The first kappa shape index (κ1) is 11.7. The molecule has 0 fully saturated rings. The van der Waals surface area contributed by atoms with Crippen molar-refractivity contribution in [2.24, 2.45) is 0 Å². The van der Waals surface area contributed by atoms with Crippen molar-refractivity contribution in [3.63, 3.8) is 0 Å². The van der Waals surface area contributed by atoms with E-state index in [0.717, 1.165) is 12.1 Å². The fraction of sp³-hybridized carbons (Fsp3) is 0.133. The molecule has 3 heteroatoms. The van der Waals surface area contributed by atoms with Gasteiger partial charge in [0.15, 0.2) is 0 Å². The summed E-state index contributed by atoms with van der Waals surface area (Å²) in [6.07, 6.45) is 0.854. The molecule has 2 nitrogen and oxygen atoms in total. The lowest BCUT2D eigenvalue weighted by atomic mass is 9.77. The van der Waals surface area contributed by atoms with E-state index in [2.05, 4.69) is 34.0 Å². The van der Waals surface area contributed by atoms with Gasteiger partial charge >= 0.3 is 0 Å². The Balaban J connectivity index is 1.72. The van der Waals surface area contributed by atoms with Crippen molar-refractivity contribution in [1.82, 2.24) is 0 Å². The minimum absolute atomic E-state index is 0.0143. The lowest BCUT2D eigenvalue weighted by Crippen LogP contribution is -2.30. The fourth-order valence-electron chi connectivity index (χ4n) is 2.26. The number of carbonyl (C=O) groups is 1. The number of amides is 1. The highest BCUT2D eigenvalue weighted by Gasteiger charge is 2.31. The zero-order valence-electron chi connectivity index (χ0n) is 9.69. The molecule has 0 saturated carbocycles. The summed E-state index contributed by atoms with van der Waals surface area (Å²) < 4.78 is 1.17. The molecule has 0 spiro atoms. The van der Waals surface area contributed by atoms with Gasteiger partial charge in [-0.1, -0.05) is 24.3 Å². The number of benzene rings is 2. The summed E-state index contributed by atoms with van der Waals surface area (Å²) in [4.78, 5) is 12.1.